The molecule has 0 saturated heterocycles. The molecule has 0 radical (unpaired) electrons. The number of hydrogen-bond donors (Lipinski definition) is 1. The number of anilines is 1. The summed E-state index contributed by atoms with van der Waals surface area (Å²) in [6.45, 7) is 2.24. The van der Waals surface area contributed by atoms with Gasteiger partial charge < -0.3 is 15.2 Å². The van der Waals surface area contributed by atoms with Crippen LogP contribution in [0.4, 0.5) is 5.69 Å². The smallest absolute Gasteiger partial charge is 0.0506 e. The van der Waals surface area contributed by atoms with Crippen LogP contribution in [-0.2, 0) is 19.4 Å². The largest absolute Gasteiger partial charge is 0.399 e. The van der Waals surface area contributed by atoms with Crippen LogP contribution in [0.5, 0.6) is 0 Å². The summed E-state index contributed by atoms with van der Waals surface area (Å²) in [5.74, 6) is 0. The molecule has 120 valence electrons. The molecule has 1 aromatic carbocycles. The summed E-state index contributed by atoms with van der Waals surface area (Å²) in [7, 11) is 4.30. The molecule has 1 aromatic heterocycles. The van der Waals surface area contributed by atoms with E-state index in [4.69, 9.17) is 5.73 Å². The third kappa shape index (κ3) is 3.14. The maximum atomic E-state index is 6.07. The van der Waals surface area contributed by atoms with Crippen molar-refractivity contribution in [2.24, 2.45) is 0 Å². The number of hydrogen-bond acceptors (Lipinski definition) is 2. The molecule has 3 rings (SSSR count). The Hall–Kier alpha value is -1.48. The quantitative estimate of drug-likeness (QED) is 0.871. The number of aryl methyl sites for hydroxylation is 2. The molecule has 1 aliphatic rings. The number of nitrogens with two attached hydrogens (primary N) is 1. The fourth-order valence-electron chi connectivity index (χ4n) is 3.80. The van der Waals surface area contributed by atoms with Crippen LogP contribution in [0.15, 0.2) is 18.2 Å². The number of rotatable bonds is 4. The van der Waals surface area contributed by atoms with Gasteiger partial charge in [0.1, 0.15) is 0 Å². The van der Waals surface area contributed by atoms with Crippen molar-refractivity contribution in [2.75, 3.05) is 26.4 Å². The Labute approximate surface area is 134 Å². The van der Waals surface area contributed by atoms with Gasteiger partial charge in [0.05, 0.1) is 5.52 Å². The minimum atomic E-state index is 0.881. The number of nitrogen functional groups attached to an aromatic ring is 1. The molecule has 1 aliphatic carbocycles. The third-order valence-corrected chi connectivity index (χ3v) is 4.89. The van der Waals surface area contributed by atoms with E-state index in [9.17, 15) is 0 Å². The van der Waals surface area contributed by atoms with Crippen molar-refractivity contribution in [1.29, 1.82) is 0 Å². The van der Waals surface area contributed by atoms with Crippen LogP contribution in [0.3, 0.4) is 0 Å². The minimum absolute atomic E-state index is 0.881. The standard InChI is InChI=1S/C19H29N3/c1-21(2)12-7-13-22-18-9-6-4-3-5-8-16(18)17-11-10-15(20)14-19(17)22/h10-11,14H,3-9,12-13,20H2,1-2H3. The lowest BCUT2D eigenvalue weighted by atomic mass is 9.96. The highest BCUT2D eigenvalue weighted by molar-refractivity contribution is 5.88. The molecule has 0 saturated carbocycles. The predicted molar refractivity (Wildman–Crippen MR) is 95.4 cm³/mol. The highest BCUT2D eigenvalue weighted by atomic mass is 15.1. The van der Waals surface area contributed by atoms with E-state index < -0.39 is 0 Å². The molecule has 2 aromatic rings. The monoisotopic (exact) mass is 299 g/mol. The topological polar surface area (TPSA) is 34.2 Å². The second-order valence-electron chi connectivity index (χ2n) is 6.92. The van der Waals surface area contributed by atoms with Crippen molar-refractivity contribution in [3.8, 4) is 0 Å². The van der Waals surface area contributed by atoms with Crippen molar-refractivity contribution in [3.05, 3.63) is 29.5 Å². The first-order valence-corrected chi connectivity index (χ1v) is 8.71. The van der Waals surface area contributed by atoms with Gasteiger partial charge in [-0.05, 0) is 70.4 Å². The Morgan fingerprint density at radius 3 is 2.64 bits per heavy atom. The Morgan fingerprint density at radius 2 is 1.86 bits per heavy atom. The first-order valence-electron chi connectivity index (χ1n) is 8.71. The van der Waals surface area contributed by atoms with Crippen LogP contribution in [0.25, 0.3) is 10.9 Å². The zero-order valence-electron chi connectivity index (χ0n) is 14.1. The normalized spacial score (nSPS) is 15.8. The van der Waals surface area contributed by atoms with Gasteiger partial charge in [-0.15, -0.1) is 0 Å². The number of fused-ring (bicyclic) bond motifs is 3. The lowest BCUT2D eigenvalue weighted by Gasteiger charge is -2.16. The van der Waals surface area contributed by atoms with Gasteiger partial charge >= 0.3 is 0 Å². The summed E-state index contributed by atoms with van der Waals surface area (Å²) in [5, 5.41) is 1.44. The minimum Gasteiger partial charge on any atom is -0.399 e. The number of benzene rings is 1. The first kappa shape index (κ1) is 15.4. The average molecular weight is 299 g/mol. The summed E-state index contributed by atoms with van der Waals surface area (Å²) >= 11 is 0. The summed E-state index contributed by atoms with van der Waals surface area (Å²) in [6, 6.07) is 6.48. The Balaban J connectivity index is 2.02. The van der Waals surface area contributed by atoms with Gasteiger partial charge in [0.15, 0.2) is 0 Å². The van der Waals surface area contributed by atoms with Gasteiger partial charge in [0, 0.05) is 23.3 Å². The highest BCUT2D eigenvalue weighted by Crippen LogP contribution is 2.32. The van der Waals surface area contributed by atoms with E-state index in [-0.39, 0.29) is 0 Å². The van der Waals surface area contributed by atoms with Crippen molar-refractivity contribution in [1.82, 2.24) is 9.47 Å². The van der Waals surface area contributed by atoms with Gasteiger partial charge in [-0.1, -0.05) is 18.9 Å². The van der Waals surface area contributed by atoms with Gasteiger partial charge in [0.25, 0.3) is 0 Å². The van der Waals surface area contributed by atoms with Gasteiger partial charge in [0.2, 0.25) is 0 Å². The lowest BCUT2D eigenvalue weighted by Crippen LogP contribution is -2.16. The number of nitrogens with zero attached hydrogens (tertiary/aromatic N) is 2. The summed E-state index contributed by atoms with van der Waals surface area (Å²) in [4.78, 5) is 2.27. The van der Waals surface area contributed by atoms with E-state index >= 15 is 0 Å². The molecule has 0 atom stereocenters. The fourth-order valence-corrected chi connectivity index (χ4v) is 3.80. The van der Waals surface area contributed by atoms with E-state index in [0.717, 1.165) is 18.8 Å². The van der Waals surface area contributed by atoms with Gasteiger partial charge in [-0.2, -0.15) is 0 Å². The summed E-state index contributed by atoms with van der Waals surface area (Å²) in [6.07, 6.45) is 9.06. The van der Waals surface area contributed by atoms with Crippen LogP contribution >= 0.6 is 0 Å². The summed E-state index contributed by atoms with van der Waals surface area (Å²) < 4.78 is 2.57. The van der Waals surface area contributed by atoms with Gasteiger partial charge in [-0.25, -0.2) is 0 Å². The van der Waals surface area contributed by atoms with Crippen molar-refractivity contribution < 1.29 is 0 Å². The van der Waals surface area contributed by atoms with Crippen molar-refractivity contribution in [2.45, 2.75) is 51.5 Å². The molecule has 0 spiro atoms. The Morgan fingerprint density at radius 1 is 1.09 bits per heavy atom. The highest BCUT2D eigenvalue weighted by Gasteiger charge is 2.18. The van der Waals surface area contributed by atoms with Crippen LogP contribution in [-0.4, -0.2) is 30.1 Å². The van der Waals surface area contributed by atoms with Crippen LogP contribution in [0, 0.1) is 0 Å². The second-order valence-corrected chi connectivity index (χ2v) is 6.92. The molecule has 2 N–H and O–H groups in total. The first-order chi connectivity index (χ1) is 10.7. The SMILES string of the molecule is CN(C)CCCn1c2c(c3ccc(N)cc31)CCCCCC2. The van der Waals surface area contributed by atoms with Crippen molar-refractivity contribution >= 4 is 16.6 Å². The fraction of sp³-hybridized carbons (Fsp3) is 0.579. The molecule has 3 nitrogen and oxygen atoms in total. The van der Waals surface area contributed by atoms with Crippen LogP contribution in [0.2, 0.25) is 0 Å². The molecule has 0 fully saturated rings. The second kappa shape index (κ2) is 6.74. The molecular weight excluding hydrogens is 270 g/mol. The molecular formula is C19H29N3. The molecule has 1 heterocycles. The zero-order chi connectivity index (χ0) is 15.5. The molecule has 0 aliphatic heterocycles. The van der Waals surface area contributed by atoms with Crippen molar-refractivity contribution in [3.63, 3.8) is 0 Å². The van der Waals surface area contributed by atoms with E-state index in [1.54, 1.807) is 11.3 Å². The Bertz CT molecular complexity index is 640. The average Bonchev–Trinajstić information content (AvgIpc) is 2.71. The molecule has 0 unspecified atom stereocenters. The summed E-state index contributed by atoms with van der Waals surface area (Å²) in [5.41, 5.74) is 11.5. The Kier molecular flexibility index (Phi) is 4.72. The maximum Gasteiger partial charge on any atom is 0.0506 e. The molecule has 0 amide bonds. The van der Waals surface area contributed by atoms with E-state index in [1.165, 1.54) is 55.8 Å². The van der Waals surface area contributed by atoms with E-state index in [1.807, 2.05) is 0 Å². The molecule has 22 heavy (non-hydrogen) atoms. The van der Waals surface area contributed by atoms with E-state index in [2.05, 4.69) is 41.8 Å². The molecule has 0 bridgehead atoms. The third-order valence-electron chi connectivity index (χ3n) is 4.89. The van der Waals surface area contributed by atoms with Crippen LogP contribution in [0.1, 0.15) is 43.4 Å². The predicted octanol–water partition coefficient (Wildman–Crippen LogP) is 3.83. The van der Waals surface area contributed by atoms with Crippen LogP contribution < -0.4 is 5.73 Å². The number of aromatic nitrogens is 1. The lowest BCUT2D eigenvalue weighted by molar-refractivity contribution is 0.386. The molecule has 3 heteroatoms. The van der Waals surface area contributed by atoms with Gasteiger partial charge in [-0.3, -0.25) is 0 Å². The zero-order valence-corrected chi connectivity index (χ0v) is 14.1. The van der Waals surface area contributed by atoms with E-state index in [0.29, 0.717) is 0 Å². The maximum absolute atomic E-state index is 6.07.